The average molecular weight is 408 g/mol. The molecule has 2 heterocycles. The Morgan fingerprint density at radius 2 is 1.87 bits per heavy atom. The molecule has 0 aromatic heterocycles. The van der Waals surface area contributed by atoms with E-state index in [1.165, 1.54) is 0 Å². The number of aryl methyl sites for hydroxylation is 1. The number of nitrogens with zero attached hydrogens (tertiary/aromatic N) is 1. The quantitative estimate of drug-likeness (QED) is 0.820. The first-order valence-corrected chi connectivity index (χ1v) is 10.5. The molecule has 2 aliphatic heterocycles. The summed E-state index contributed by atoms with van der Waals surface area (Å²) in [5, 5.41) is 3.14. The standard InChI is InChI=1S/C24H28N2O4/c1-3-26-21-10-7-19(16-17(21)4-11-22(26)27)25-23(28)24(12-14-30-15-13-24)18-5-8-20(29-2)9-6-18/h5-10,16H,3-4,11-15H2,1-2H3,(H,25,28). The maximum atomic E-state index is 13.5. The number of anilines is 2. The Morgan fingerprint density at radius 3 is 2.53 bits per heavy atom. The number of benzene rings is 2. The second-order valence-electron chi connectivity index (χ2n) is 7.86. The largest absolute Gasteiger partial charge is 0.497 e. The van der Waals surface area contributed by atoms with Gasteiger partial charge in [-0.15, -0.1) is 0 Å². The summed E-state index contributed by atoms with van der Waals surface area (Å²) in [7, 11) is 1.63. The Kier molecular flexibility index (Phi) is 5.77. The molecule has 0 atom stereocenters. The number of fused-ring (bicyclic) bond motifs is 1. The van der Waals surface area contributed by atoms with Crippen LogP contribution in [0.2, 0.25) is 0 Å². The molecule has 2 aromatic rings. The van der Waals surface area contributed by atoms with Crippen molar-refractivity contribution in [2.45, 2.75) is 38.0 Å². The number of hydrogen-bond acceptors (Lipinski definition) is 4. The minimum atomic E-state index is -0.633. The van der Waals surface area contributed by atoms with E-state index < -0.39 is 5.41 Å². The molecule has 2 aliphatic rings. The van der Waals surface area contributed by atoms with Crippen LogP contribution in [0, 0.1) is 0 Å². The van der Waals surface area contributed by atoms with Gasteiger partial charge in [-0.25, -0.2) is 0 Å². The van der Waals surface area contributed by atoms with Crippen LogP contribution in [0.3, 0.4) is 0 Å². The third-order valence-electron chi connectivity index (χ3n) is 6.28. The van der Waals surface area contributed by atoms with Gasteiger partial charge in [0.1, 0.15) is 5.75 Å². The minimum Gasteiger partial charge on any atom is -0.497 e. The summed E-state index contributed by atoms with van der Waals surface area (Å²) in [6, 6.07) is 13.6. The minimum absolute atomic E-state index is 0.0184. The predicted molar refractivity (Wildman–Crippen MR) is 116 cm³/mol. The molecule has 30 heavy (non-hydrogen) atoms. The molecule has 0 saturated carbocycles. The molecule has 0 bridgehead atoms. The SMILES string of the molecule is CCN1C(=O)CCc2cc(NC(=O)C3(c4ccc(OC)cc4)CCOCC3)ccc21. The molecule has 2 amide bonds. The van der Waals surface area contributed by atoms with Crippen molar-refractivity contribution >= 4 is 23.2 Å². The second-order valence-corrected chi connectivity index (χ2v) is 7.86. The molecule has 1 N–H and O–H groups in total. The summed E-state index contributed by atoms with van der Waals surface area (Å²) < 4.78 is 10.8. The van der Waals surface area contributed by atoms with E-state index in [1.807, 2.05) is 54.3 Å². The van der Waals surface area contributed by atoms with E-state index in [-0.39, 0.29) is 11.8 Å². The summed E-state index contributed by atoms with van der Waals surface area (Å²) in [6.07, 6.45) is 2.47. The molecule has 2 aromatic carbocycles. The number of methoxy groups -OCH3 is 1. The molecular weight excluding hydrogens is 380 g/mol. The van der Waals surface area contributed by atoms with E-state index in [0.717, 1.165) is 28.3 Å². The van der Waals surface area contributed by atoms with Gasteiger partial charge >= 0.3 is 0 Å². The number of carbonyl (C=O) groups excluding carboxylic acids is 2. The zero-order valence-electron chi connectivity index (χ0n) is 17.6. The maximum absolute atomic E-state index is 13.5. The van der Waals surface area contributed by atoms with Crippen molar-refractivity contribution in [3.05, 3.63) is 53.6 Å². The first-order chi connectivity index (χ1) is 14.6. The van der Waals surface area contributed by atoms with Gasteiger partial charge in [0.2, 0.25) is 11.8 Å². The van der Waals surface area contributed by atoms with E-state index in [4.69, 9.17) is 9.47 Å². The molecule has 0 unspecified atom stereocenters. The number of rotatable bonds is 5. The van der Waals surface area contributed by atoms with Gasteiger partial charge in [-0.3, -0.25) is 9.59 Å². The monoisotopic (exact) mass is 408 g/mol. The molecule has 0 radical (unpaired) electrons. The van der Waals surface area contributed by atoms with E-state index in [0.29, 0.717) is 45.4 Å². The number of nitrogens with one attached hydrogen (secondary N) is 1. The van der Waals surface area contributed by atoms with Crippen LogP contribution >= 0.6 is 0 Å². The Labute approximate surface area is 177 Å². The number of amides is 2. The maximum Gasteiger partial charge on any atom is 0.235 e. The fourth-order valence-corrected chi connectivity index (χ4v) is 4.51. The van der Waals surface area contributed by atoms with Crippen molar-refractivity contribution in [1.29, 1.82) is 0 Å². The Balaban J connectivity index is 1.61. The van der Waals surface area contributed by atoms with Crippen LogP contribution in [-0.2, 0) is 26.2 Å². The smallest absolute Gasteiger partial charge is 0.235 e. The highest BCUT2D eigenvalue weighted by Crippen LogP contribution is 2.38. The van der Waals surface area contributed by atoms with E-state index in [1.54, 1.807) is 7.11 Å². The molecule has 0 spiro atoms. The lowest BCUT2D eigenvalue weighted by molar-refractivity contribution is -0.125. The van der Waals surface area contributed by atoms with Gasteiger partial charge in [0.25, 0.3) is 0 Å². The van der Waals surface area contributed by atoms with Crippen LogP contribution in [0.5, 0.6) is 5.75 Å². The Morgan fingerprint density at radius 1 is 1.13 bits per heavy atom. The van der Waals surface area contributed by atoms with Gasteiger partial charge in [0.15, 0.2) is 0 Å². The highest BCUT2D eigenvalue weighted by atomic mass is 16.5. The van der Waals surface area contributed by atoms with Crippen molar-refractivity contribution in [2.75, 3.05) is 37.1 Å². The number of hydrogen-bond donors (Lipinski definition) is 1. The van der Waals surface area contributed by atoms with Crippen LogP contribution < -0.4 is 15.0 Å². The lowest BCUT2D eigenvalue weighted by Crippen LogP contribution is -2.44. The molecule has 6 nitrogen and oxygen atoms in total. The summed E-state index contributed by atoms with van der Waals surface area (Å²) in [5.41, 5.74) is 3.15. The fourth-order valence-electron chi connectivity index (χ4n) is 4.51. The molecule has 4 rings (SSSR count). The normalized spacial score (nSPS) is 17.9. The lowest BCUT2D eigenvalue weighted by atomic mass is 9.73. The summed E-state index contributed by atoms with van der Waals surface area (Å²) >= 11 is 0. The Hall–Kier alpha value is -2.86. The van der Waals surface area contributed by atoms with Crippen LogP contribution in [-0.4, -0.2) is 38.7 Å². The number of carbonyl (C=O) groups is 2. The van der Waals surface area contributed by atoms with Gasteiger partial charge in [0, 0.05) is 37.6 Å². The molecule has 1 saturated heterocycles. The molecule has 1 fully saturated rings. The number of ether oxygens (including phenoxy) is 2. The van der Waals surface area contributed by atoms with Gasteiger partial charge in [-0.05, 0) is 67.6 Å². The van der Waals surface area contributed by atoms with Gasteiger partial charge in [-0.1, -0.05) is 12.1 Å². The van der Waals surface area contributed by atoms with Crippen LogP contribution in [0.25, 0.3) is 0 Å². The highest BCUT2D eigenvalue weighted by Gasteiger charge is 2.42. The third kappa shape index (κ3) is 3.67. The zero-order valence-corrected chi connectivity index (χ0v) is 17.6. The van der Waals surface area contributed by atoms with E-state index in [2.05, 4.69) is 5.32 Å². The molecular formula is C24H28N2O4. The van der Waals surface area contributed by atoms with Crippen molar-refractivity contribution < 1.29 is 19.1 Å². The lowest BCUT2D eigenvalue weighted by Gasteiger charge is -2.36. The van der Waals surface area contributed by atoms with E-state index in [9.17, 15) is 9.59 Å². The van der Waals surface area contributed by atoms with Crippen molar-refractivity contribution in [3.63, 3.8) is 0 Å². The summed E-state index contributed by atoms with van der Waals surface area (Å²) in [4.78, 5) is 27.5. The van der Waals surface area contributed by atoms with E-state index >= 15 is 0 Å². The zero-order chi connectivity index (χ0) is 21.1. The summed E-state index contributed by atoms with van der Waals surface area (Å²) in [6.45, 7) is 3.74. The highest BCUT2D eigenvalue weighted by molar-refractivity contribution is 6.00. The second kappa shape index (κ2) is 8.48. The van der Waals surface area contributed by atoms with Gasteiger partial charge in [0.05, 0.1) is 12.5 Å². The van der Waals surface area contributed by atoms with Gasteiger partial charge in [-0.2, -0.15) is 0 Å². The fraction of sp³-hybridized carbons (Fsp3) is 0.417. The first-order valence-electron chi connectivity index (χ1n) is 10.5. The van der Waals surface area contributed by atoms with Crippen LogP contribution in [0.4, 0.5) is 11.4 Å². The van der Waals surface area contributed by atoms with Crippen molar-refractivity contribution in [3.8, 4) is 5.75 Å². The van der Waals surface area contributed by atoms with Crippen LogP contribution in [0.1, 0.15) is 37.3 Å². The first kappa shape index (κ1) is 20.4. The van der Waals surface area contributed by atoms with Gasteiger partial charge < -0.3 is 19.7 Å². The topological polar surface area (TPSA) is 67.9 Å². The average Bonchev–Trinajstić information content (AvgIpc) is 2.79. The molecule has 6 heteroatoms. The third-order valence-corrected chi connectivity index (χ3v) is 6.28. The Bertz CT molecular complexity index is 933. The van der Waals surface area contributed by atoms with Crippen molar-refractivity contribution in [2.24, 2.45) is 0 Å². The summed E-state index contributed by atoms with van der Waals surface area (Å²) in [5.74, 6) is 0.906. The molecule has 0 aliphatic carbocycles. The van der Waals surface area contributed by atoms with Crippen molar-refractivity contribution in [1.82, 2.24) is 0 Å². The predicted octanol–water partition coefficient (Wildman–Crippen LogP) is 3.68. The molecule has 158 valence electrons. The van der Waals surface area contributed by atoms with Crippen LogP contribution in [0.15, 0.2) is 42.5 Å².